The monoisotopic (exact) mass is 1500 g/mol. The number of hydrogen-bond acceptors (Lipinski definition) is 18. The zero-order chi connectivity index (χ0) is 76.3. The third-order valence-corrected chi connectivity index (χ3v) is 20.8. The van der Waals surface area contributed by atoms with Crippen molar-refractivity contribution in [2.75, 3.05) is 19.8 Å². The number of esters is 3. The van der Waals surface area contributed by atoms with E-state index >= 15 is 0 Å². The van der Waals surface area contributed by atoms with Gasteiger partial charge in [-0.15, -0.1) is 0 Å². The molecule has 2 aliphatic rings. The number of hydrogen-bond donors (Lipinski definition) is 9. The first-order valence-electron chi connectivity index (χ1n) is 42.2. The Balaban J connectivity index is 2.58. The maximum absolute atomic E-state index is 14.8. The molecule has 0 spiro atoms. The summed E-state index contributed by atoms with van der Waals surface area (Å²) in [4.78, 5) is 91.1. The lowest BCUT2D eigenvalue weighted by molar-refractivity contribution is -0.279. The summed E-state index contributed by atoms with van der Waals surface area (Å²) in [6, 6.07) is -1.76. The smallest absolute Gasteiger partial charge is 0.470 e. The lowest BCUT2D eigenvalue weighted by Gasteiger charge is -2.45. The van der Waals surface area contributed by atoms with Crippen LogP contribution in [0.5, 0.6) is 0 Å². The van der Waals surface area contributed by atoms with Gasteiger partial charge in [0.1, 0.15) is 55.0 Å². The zero-order valence-corrected chi connectivity index (χ0v) is 66.6. The van der Waals surface area contributed by atoms with E-state index in [2.05, 4.69) is 45.3 Å². The summed E-state index contributed by atoms with van der Waals surface area (Å²) >= 11 is 0. The third-order valence-electron chi connectivity index (χ3n) is 20.3. The summed E-state index contributed by atoms with van der Waals surface area (Å²) < 4.78 is 55.1. The summed E-state index contributed by atoms with van der Waals surface area (Å²) in [6.07, 6.45) is 33.7. The minimum Gasteiger partial charge on any atom is -0.485 e. The van der Waals surface area contributed by atoms with Gasteiger partial charge in [0.2, 0.25) is 11.8 Å². The van der Waals surface area contributed by atoms with Crippen LogP contribution in [0, 0.1) is 0 Å². The highest BCUT2D eigenvalue weighted by atomic mass is 31.2. The van der Waals surface area contributed by atoms with Crippen molar-refractivity contribution in [1.29, 1.82) is 0 Å². The van der Waals surface area contributed by atoms with E-state index in [4.69, 9.17) is 32.9 Å². The van der Waals surface area contributed by atoms with E-state index in [1.165, 1.54) is 116 Å². The molecule has 2 aliphatic heterocycles. The van der Waals surface area contributed by atoms with Gasteiger partial charge in [-0.25, -0.2) is 4.57 Å². The first-order valence-corrected chi connectivity index (χ1v) is 43.7. The number of phosphoric acid groups is 1. The molecule has 0 bridgehead atoms. The standard InChI is InChI=1S/C81H151N2O20P/c1-6-11-16-21-26-31-32-37-42-47-52-57-73(90)99-66(55-50-45-40-35-29-24-19-14-9-4)60-74(91)102-80-76(83-71(88)59-65(54-49-44-39-34-28-23-18-13-8-3)98-72(89)56-51-46-41-36-30-25-20-15-10-5)81(101-68(62-85)79(80)103-104(94,95)96)97-63-69-77(92)78(93)75(67(61-84)100-69)82-70(87)58-64(86)53-48-43-38-33-27-22-17-12-7-2/h64-66,68-69,76-81,84-86,92-93H,6-63H2,1-5H3,(H,82,87)(H,83,88)(H2,94,95,96)/t64-,65-,66-,68?,69?,76?,77-,78?,79-,80?,81-/m1/s1. The van der Waals surface area contributed by atoms with Gasteiger partial charge in [0.25, 0.3) is 0 Å². The van der Waals surface area contributed by atoms with Crippen LogP contribution in [0.25, 0.3) is 0 Å². The molecule has 2 heterocycles. The minimum absolute atomic E-state index is 0.129. The molecule has 2 rings (SSSR count). The molecule has 22 nitrogen and oxygen atoms in total. The van der Waals surface area contributed by atoms with Crippen LogP contribution < -0.4 is 10.6 Å². The lowest BCUT2D eigenvalue weighted by Crippen LogP contribution is -2.66. The second kappa shape index (κ2) is 63.5. The number of amides is 2. The number of aliphatic hydroxyl groups excluding tert-OH is 5. The van der Waals surface area contributed by atoms with Crippen LogP contribution in [0.3, 0.4) is 0 Å². The number of carbonyl (C=O) groups is 5. The maximum atomic E-state index is 14.8. The van der Waals surface area contributed by atoms with Crippen LogP contribution in [-0.4, -0.2) is 152 Å². The van der Waals surface area contributed by atoms with E-state index in [-0.39, 0.29) is 30.7 Å². The van der Waals surface area contributed by atoms with Gasteiger partial charge in [-0.3, -0.25) is 28.5 Å². The number of phosphoric ester groups is 1. The van der Waals surface area contributed by atoms with Gasteiger partial charge < -0.3 is 74.4 Å². The van der Waals surface area contributed by atoms with Gasteiger partial charge in [-0.2, -0.15) is 0 Å². The van der Waals surface area contributed by atoms with Gasteiger partial charge in [-0.1, -0.05) is 311 Å². The van der Waals surface area contributed by atoms with Crippen LogP contribution in [-0.2, 0) is 61.5 Å². The Bertz CT molecular complexity index is 2240. The SMILES string of the molecule is CCCCCCCCCCCCCC(=O)O[C@H](CCCCCCCCCCC)CC(=O)OC1C(NC(=O)C[C@@H](CCCCCCCCCCC)OC(=O)CCCCCCCCCCC)[C@H](OCC2OC(CO)=C(NC(=O)C[C@H](O)CCCCCCCCCCC)C(O)[C@@H]2O)OC(CO)[C@H]1OP(=O)(O)O. The van der Waals surface area contributed by atoms with Crippen LogP contribution in [0.2, 0.25) is 0 Å². The average molecular weight is 1500 g/mol. The van der Waals surface area contributed by atoms with Crippen LogP contribution in [0.15, 0.2) is 11.5 Å². The summed E-state index contributed by atoms with van der Waals surface area (Å²) in [7, 11) is -5.56. The number of ether oxygens (including phenoxy) is 6. The Morgan fingerprint density at radius 2 is 0.837 bits per heavy atom. The molecule has 23 heteroatoms. The van der Waals surface area contributed by atoms with Crippen molar-refractivity contribution in [3.63, 3.8) is 0 Å². The molecule has 104 heavy (non-hydrogen) atoms. The fourth-order valence-electron chi connectivity index (χ4n) is 14.0. The molecule has 2 amide bonds. The fourth-order valence-corrected chi connectivity index (χ4v) is 14.6. The molecule has 9 N–H and O–H groups in total. The molecular weight excluding hydrogens is 1350 g/mol. The highest BCUT2D eigenvalue weighted by Gasteiger charge is 2.53. The Kier molecular flexibility index (Phi) is 59.1. The predicted molar refractivity (Wildman–Crippen MR) is 408 cm³/mol. The van der Waals surface area contributed by atoms with Crippen molar-refractivity contribution < 1.29 is 96.8 Å². The highest BCUT2D eigenvalue weighted by Crippen LogP contribution is 2.43. The van der Waals surface area contributed by atoms with Crippen molar-refractivity contribution >= 4 is 37.5 Å². The van der Waals surface area contributed by atoms with Crippen molar-refractivity contribution in [2.24, 2.45) is 0 Å². The van der Waals surface area contributed by atoms with E-state index in [1.807, 2.05) is 0 Å². The average Bonchev–Trinajstić information content (AvgIpc) is 0.799. The van der Waals surface area contributed by atoms with E-state index in [0.717, 1.165) is 154 Å². The highest BCUT2D eigenvalue weighted by molar-refractivity contribution is 7.46. The van der Waals surface area contributed by atoms with Crippen molar-refractivity contribution in [1.82, 2.24) is 10.6 Å². The fraction of sp³-hybridized carbons (Fsp3) is 0.914. The zero-order valence-electron chi connectivity index (χ0n) is 65.7. The van der Waals surface area contributed by atoms with E-state index in [9.17, 15) is 63.9 Å². The van der Waals surface area contributed by atoms with E-state index in [0.29, 0.717) is 51.4 Å². The Labute approximate surface area is 628 Å². The minimum atomic E-state index is -5.56. The van der Waals surface area contributed by atoms with Gasteiger partial charge in [0.15, 0.2) is 18.5 Å². The second-order valence-corrected chi connectivity index (χ2v) is 31.2. The number of rotatable bonds is 70. The van der Waals surface area contributed by atoms with Crippen molar-refractivity contribution in [3.05, 3.63) is 11.5 Å². The van der Waals surface area contributed by atoms with Gasteiger partial charge >= 0.3 is 25.7 Å². The summed E-state index contributed by atoms with van der Waals surface area (Å²) in [5.74, 6) is -3.80. The molecular formula is C81H151N2O20P. The molecule has 0 aliphatic carbocycles. The third kappa shape index (κ3) is 48.3. The molecule has 11 atom stereocenters. The largest absolute Gasteiger partial charge is 0.485 e. The van der Waals surface area contributed by atoms with Gasteiger partial charge in [0.05, 0.1) is 44.3 Å². The van der Waals surface area contributed by atoms with Crippen LogP contribution in [0.1, 0.15) is 388 Å². The predicted octanol–water partition coefficient (Wildman–Crippen LogP) is 16.8. The van der Waals surface area contributed by atoms with E-state index < -0.39 is 137 Å². The Morgan fingerprint density at radius 3 is 1.22 bits per heavy atom. The Morgan fingerprint density at radius 1 is 0.462 bits per heavy atom. The van der Waals surface area contributed by atoms with Crippen molar-refractivity contribution in [3.8, 4) is 0 Å². The van der Waals surface area contributed by atoms with E-state index in [1.54, 1.807) is 0 Å². The first-order chi connectivity index (χ1) is 50.3. The van der Waals surface area contributed by atoms with Gasteiger partial charge in [0, 0.05) is 12.8 Å². The molecule has 0 radical (unpaired) electrons. The summed E-state index contributed by atoms with van der Waals surface area (Å²) in [6.45, 7) is 8.31. The molecule has 610 valence electrons. The molecule has 0 saturated carbocycles. The number of nitrogens with one attached hydrogen (secondary N) is 2. The number of unbranched alkanes of at least 4 members (excludes halogenated alkanes) is 42. The lowest BCUT2D eigenvalue weighted by atomic mass is 9.95. The summed E-state index contributed by atoms with van der Waals surface area (Å²) in [5, 5.41) is 60.8. The first kappa shape index (κ1) is 96.8. The number of carbonyl (C=O) groups excluding carboxylic acids is 5. The quantitative estimate of drug-likeness (QED) is 0.0118. The number of aliphatic hydroxyl groups is 5. The Hall–Kier alpha value is -3.28. The molecule has 0 aromatic rings. The normalized spacial score (nSPS) is 20.0. The topological polar surface area (TPSA) is 333 Å². The van der Waals surface area contributed by atoms with Crippen LogP contribution in [0.4, 0.5) is 0 Å². The van der Waals surface area contributed by atoms with Crippen molar-refractivity contribution in [2.45, 2.75) is 455 Å². The molecule has 0 aromatic heterocycles. The molecule has 0 aromatic carbocycles. The molecule has 1 fully saturated rings. The molecule has 1 saturated heterocycles. The van der Waals surface area contributed by atoms with Gasteiger partial charge in [-0.05, 0) is 44.9 Å². The second-order valence-electron chi connectivity index (χ2n) is 30.0. The molecule has 5 unspecified atom stereocenters. The van der Waals surface area contributed by atoms with Crippen LogP contribution >= 0.6 is 7.82 Å². The maximum Gasteiger partial charge on any atom is 0.470 e. The summed E-state index contributed by atoms with van der Waals surface area (Å²) in [5.41, 5.74) is -0.345.